The lowest BCUT2D eigenvalue weighted by molar-refractivity contribution is 0.133. The molecule has 0 N–H and O–H groups in total. The van der Waals surface area contributed by atoms with Gasteiger partial charge in [-0.05, 0) is 67.8 Å². The second-order valence-corrected chi connectivity index (χ2v) is 6.25. The summed E-state index contributed by atoms with van der Waals surface area (Å²) in [5.74, 6) is 3.61. The van der Waals surface area contributed by atoms with Crippen molar-refractivity contribution in [1.29, 1.82) is 0 Å². The highest BCUT2D eigenvalue weighted by Gasteiger charge is 2.34. The fraction of sp³-hybridized carbons (Fsp3) is 0.556. The Labute approximate surface area is 111 Å². The van der Waals surface area contributed by atoms with E-state index < -0.39 is 0 Å². The van der Waals surface area contributed by atoms with Gasteiger partial charge in [-0.1, -0.05) is 36.4 Å². The van der Waals surface area contributed by atoms with Gasteiger partial charge in [-0.25, -0.2) is 0 Å². The first-order valence-corrected chi connectivity index (χ1v) is 7.54. The quantitative estimate of drug-likeness (QED) is 0.625. The number of allylic oxidation sites excluding steroid dienone is 1. The van der Waals surface area contributed by atoms with Gasteiger partial charge in [-0.2, -0.15) is 0 Å². The van der Waals surface area contributed by atoms with E-state index in [0.717, 1.165) is 23.7 Å². The van der Waals surface area contributed by atoms with Crippen molar-refractivity contribution >= 4 is 0 Å². The number of hydrogen-bond acceptors (Lipinski definition) is 0. The minimum absolute atomic E-state index is 0.805. The summed E-state index contributed by atoms with van der Waals surface area (Å²) in [6.07, 6.45) is 10.7. The summed E-state index contributed by atoms with van der Waals surface area (Å²) in [7, 11) is 0. The first-order chi connectivity index (χ1) is 8.86. The van der Waals surface area contributed by atoms with Crippen molar-refractivity contribution in [3.8, 4) is 0 Å². The second kappa shape index (κ2) is 5.30. The average Bonchev–Trinajstić information content (AvgIpc) is 2.47. The van der Waals surface area contributed by atoms with E-state index in [1.165, 1.54) is 38.5 Å². The smallest absolute Gasteiger partial charge is 0.0159 e. The molecule has 4 atom stereocenters. The normalized spacial score (nSPS) is 35.8. The van der Waals surface area contributed by atoms with Crippen LogP contribution in [0.5, 0.6) is 0 Å². The van der Waals surface area contributed by atoms with Crippen molar-refractivity contribution in [2.24, 2.45) is 17.8 Å². The van der Waals surface area contributed by atoms with E-state index in [2.05, 4.69) is 43.0 Å². The predicted octanol–water partition coefficient (Wildman–Crippen LogP) is 5.17. The molecule has 2 aliphatic rings. The molecule has 2 aliphatic carbocycles. The lowest BCUT2D eigenvalue weighted by atomic mass is 9.64. The van der Waals surface area contributed by atoms with Crippen LogP contribution in [0.2, 0.25) is 0 Å². The van der Waals surface area contributed by atoms with Gasteiger partial charge in [0, 0.05) is 0 Å². The molecular formula is C18H24. The third-order valence-corrected chi connectivity index (χ3v) is 5.26. The summed E-state index contributed by atoms with van der Waals surface area (Å²) in [5, 5.41) is 0. The zero-order valence-electron chi connectivity index (χ0n) is 11.2. The maximum atomic E-state index is 3.98. The topological polar surface area (TPSA) is 0 Å². The lowest BCUT2D eigenvalue weighted by Gasteiger charge is -2.41. The van der Waals surface area contributed by atoms with Crippen LogP contribution in [-0.4, -0.2) is 0 Å². The highest BCUT2D eigenvalue weighted by atomic mass is 14.4. The van der Waals surface area contributed by atoms with Crippen molar-refractivity contribution in [2.75, 3.05) is 0 Å². The molecule has 18 heavy (non-hydrogen) atoms. The SMILES string of the molecule is C=CC1CCC2CC(c3ccccc3)CCC2C1. The standard InChI is InChI=1S/C18H24/c1-2-14-8-9-18-13-17(11-10-16(18)12-14)15-6-4-3-5-7-15/h2-7,14,16-18H,1,8-13H2. The van der Waals surface area contributed by atoms with Crippen LogP contribution >= 0.6 is 0 Å². The van der Waals surface area contributed by atoms with Crippen molar-refractivity contribution in [2.45, 2.75) is 44.4 Å². The molecule has 4 unspecified atom stereocenters. The van der Waals surface area contributed by atoms with Crippen LogP contribution in [0.15, 0.2) is 43.0 Å². The van der Waals surface area contributed by atoms with Gasteiger partial charge in [-0.3, -0.25) is 0 Å². The summed E-state index contributed by atoms with van der Waals surface area (Å²) in [6, 6.07) is 11.2. The second-order valence-electron chi connectivity index (χ2n) is 6.25. The van der Waals surface area contributed by atoms with Gasteiger partial charge in [0.05, 0.1) is 0 Å². The van der Waals surface area contributed by atoms with E-state index in [0.29, 0.717) is 0 Å². The Morgan fingerprint density at radius 3 is 2.39 bits per heavy atom. The summed E-state index contributed by atoms with van der Waals surface area (Å²) in [6.45, 7) is 3.98. The van der Waals surface area contributed by atoms with Crippen LogP contribution in [0, 0.1) is 17.8 Å². The molecule has 96 valence electrons. The summed E-state index contributed by atoms with van der Waals surface area (Å²) < 4.78 is 0. The van der Waals surface area contributed by atoms with E-state index >= 15 is 0 Å². The van der Waals surface area contributed by atoms with Crippen LogP contribution in [-0.2, 0) is 0 Å². The number of rotatable bonds is 2. The van der Waals surface area contributed by atoms with Crippen LogP contribution in [0.4, 0.5) is 0 Å². The molecule has 0 aliphatic heterocycles. The summed E-state index contributed by atoms with van der Waals surface area (Å²) in [4.78, 5) is 0. The van der Waals surface area contributed by atoms with Gasteiger partial charge in [0.15, 0.2) is 0 Å². The van der Waals surface area contributed by atoms with E-state index in [1.54, 1.807) is 5.56 Å². The molecule has 3 rings (SSSR count). The van der Waals surface area contributed by atoms with E-state index in [9.17, 15) is 0 Å². The maximum absolute atomic E-state index is 3.98. The van der Waals surface area contributed by atoms with Gasteiger partial charge in [-0.15, -0.1) is 6.58 Å². The Morgan fingerprint density at radius 2 is 1.61 bits per heavy atom. The van der Waals surface area contributed by atoms with Gasteiger partial charge < -0.3 is 0 Å². The van der Waals surface area contributed by atoms with Crippen molar-refractivity contribution in [3.05, 3.63) is 48.6 Å². The van der Waals surface area contributed by atoms with Crippen molar-refractivity contribution < 1.29 is 0 Å². The molecule has 1 aromatic rings. The number of hydrogen-bond donors (Lipinski definition) is 0. The molecule has 2 saturated carbocycles. The highest BCUT2D eigenvalue weighted by Crippen LogP contribution is 2.47. The molecule has 1 aromatic carbocycles. The lowest BCUT2D eigenvalue weighted by Crippen LogP contribution is -2.29. The van der Waals surface area contributed by atoms with E-state index in [1.807, 2.05) is 0 Å². The number of benzene rings is 1. The van der Waals surface area contributed by atoms with Gasteiger partial charge >= 0.3 is 0 Å². The molecule has 0 heteroatoms. The Bertz CT molecular complexity index is 392. The molecule has 0 radical (unpaired) electrons. The molecular weight excluding hydrogens is 216 g/mol. The zero-order valence-corrected chi connectivity index (χ0v) is 11.2. The molecule has 0 nitrogen and oxygen atoms in total. The average molecular weight is 240 g/mol. The molecule has 0 amide bonds. The van der Waals surface area contributed by atoms with Gasteiger partial charge in [0.2, 0.25) is 0 Å². The van der Waals surface area contributed by atoms with Gasteiger partial charge in [0.25, 0.3) is 0 Å². The molecule has 2 fully saturated rings. The molecule has 0 saturated heterocycles. The van der Waals surface area contributed by atoms with Crippen LogP contribution in [0.1, 0.15) is 50.0 Å². The largest absolute Gasteiger partial charge is 0.103 e. The van der Waals surface area contributed by atoms with E-state index in [4.69, 9.17) is 0 Å². The minimum atomic E-state index is 0.805. The molecule has 0 bridgehead atoms. The minimum Gasteiger partial charge on any atom is -0.103 e. The summed E-state index contributed by atoms with van der Waals surface area (Å²) in [5.41, 5.74) is 1.57. The summed E-state index contributed by atoms with van der Waals surface area (Å²) >= 11 is 0. The predicted molar refractivity (Wildman–Crippen MR) is 77.6 cm³/mol. The third kappa shape index (κ3) is 2.39. The molecule has 0 heterocycles. The van der Waals surface area contributed by atoms with Crippen molar-refractivity contribution in [3.63, 3.8) is 0 Å². The maximum Gasteiger partial charge on any atom is -0.0159 e. The zero-order chi connectivity index (χ0) is 12.4. The first-order valence-electron chi connectivity index (χ1n) is 7.54. The monoisotopic (exact) mass is 240 g/mol. The van der Waals surface area contributed by atoms with E-state index in [-0.39, 0.29) is 0 Å². The molecule has 0 spiro atoms. The van der Waals surface area contributed by atoms with Crippen molar-refractivity contribution in [1.82, 2.24) is 0 Å². The Kier molecular flexibility index (Phi) is 3.54. The van der Waals surface area contributed by atoms with Crippen LogP contribution in [0.25, 0.3) is 0 Å². The first kappa shape index (κ1) is 12.0. The highest BCUT2D eigenvalue weighted by molar-refractivity contribution is 5.20. The van der Waals surface area contributed by atoms with Gasteiger partial charge in [0.1, 0.15) is 0 Å². The molecule has 0 aromatic heterocycles. The fourth-order valence-electron chi connectivity index (χ4n) is 4.17. The van der Waals surface area contributed by atoms with Crippen LogP contribution < -0.4 is 0 Å². The van der Waals surface area contributed by atoms with Crippen LogP contribution in [0.3, 0.4) is 0 Å². The Balaban J connectivity index is 1.66. The Morgan fingerprint density at radius 1 is 0.889 bits per heavy atom. The Hall–Kier alpha value is -1.04. The number of fused-ring (bicyclic) bond motifs is 1. The third-order valence-electron chi connectivity index (χ3n) is 5.26. The fourth-order valence-corrected chi connectivity index (χ4v) is 4.17.